The van der Waals surface area contributed by atoms with Gasteiger partial charge in [0.1, 0.15) is 17.2 Å². The van der Waals surface area contributed by atoms with E-state index in [1.165, 1.54) is 18.3 Å². The molecule has 0 atom stereocenters. The van der Waals surface area contributed by atoms with Crippen LogP contribution < -0.4 is 5.32 Å². The van der Waals surface area contributed by atoms with Crippen molar-refractivity contribution in [1.29, 1.82) is 5.26 Å². The molecule has 0 spiro atoms. The quantitative estimate of drug-likeness (QED) is 0.447. The molecule has 0 fully saturated rings. The number of allylic oxidation sites excluding steroid dienone is 1. The first-order chi connectivity index (χ1) is 11.2. The monoisotopic (exact) mass is 306 g/mol. The zero-order valence-corrected chi connectivity index (χ0v) is 11.8. The van der Waals surface area contributed by atoms with Crippen LogP contribution in [0.5, 0.6) is 0 Å². The summed E-state index contributed by atoms with van der Waals surface area (Å²) in [5, 5.41) is 22.8. The Kier molecular flexibility index (Phi) is 3.72. The molecule has 0 bridgehead atoms. The number of hydrogen-bond donors (Lipinski definition) is 1. The minimum atomic E-state index is -0.474. The molecular weight excluding hydrogens is 296 g/mol. The summed E-state index contributed by atoms with van der Waals surface area (Å²) in [6.45, 7) is 0. The summed E-state index contributed by atoms with van der Waals surface area (Å²) in [6.07, 6.45) is 1.45. The zero-order chi connectivity index (χ0) is 16.2. The number of benzene rings is 2. The predicted molar refractivity (Wildman–Crippen MR) is 84.3 cm³/mol. The normalized spacial score (nSPS) is 11.2. The van der Waals surface area contributed by atoms with Gasteiger partial charge in [-0.1, -0.05) is 12.1 Å². The van der Waals surface area contributed by atoms with Gasteiger partial charge in [0.25, 0.3) is 5.69 Å². The van der Waals surface area contributed by atoms with E-state index < -0.39 is 4.92 Å². The molecule has 2 aromatic carbocycles. The van der Waals surface area contributed by atoms with Gasteiger partial charge in [0.2, 0.25) is 5.89 Å². The van der Waals surface area contributed by atoms with Crippen molar-refractivity contribution in [2.75, 3.05) is 5.32 Å². The molecule has 0 amide bonds. The second kappa shape index (κ2) is 5.99. The molecule has 1 N–H and O–H groups in total. The van der Waals surface area contributed by atoms with E-state index in [2.05, 4.69) is 10.3 Å². The molecular formula is C16H10N4O3. The molecule has 112 valence electrons. The van der Waals surface area contributed by atoms with Gasteiger partial charge in [-0.3, -0.25) is 10.1 Å². The summed E-state index contributed by atoms with van der Waals surface area (Å²) in [4.78, 5) is 14.4. The van der Waals surface area contributed by atoms with Crippen LogP contribution in [-0.2, 0) is 0 Å². The van der Waals surface area contributed by atoms with Crippen molar-refractivity contribution in [2.45, 2.75) is 0 Å². The van der Waals surface area contributed by atoms with Crippen molar-refractivity contribution >= 4 is 28.0 Å². The van der Waals surface area contributed by atoms with E-state index in [0.29, 0.717) is 16.8 Å². The third kappa shape index (κ3) is 3.01. The van der Waals surface area contributed by atoms with Crippen LogP contribution in [0, 0.1) is 21.4 Å². The van der Waals surface area contributed by atoms with E-state index >= 15 is 0 Å². The number of aromatic nitrogens is 1. The first kappa shape index (κ1) is 14.3. The maximum Gasteiger partial charge on any atom is 0.269 e. The standard InChI is InChI=1S/C16H10N4O3/c17-9-11(16-19-14-3-1-2-4-15(14)23-16)10-18-12-5-7-13(8-6-12)20(21)22/h1-8,10,18H/b11-10+. The van der Waals surface area contributed by atoms with Crippen molar-refractivity contribution in [3.63, 3.8) is 0 Å². The first-order valence-corrected chi connectivity index (χ1v) is 6.64. The largest absolute Gasteiger partial charge is 0.435 e. The Balaban J connectivity index is 1.84. The van der Waals surface area contributed by atoms with E-state index in [0.717, 1.165) is 0 Å². The van der Waals surface area contributed by atoms with Crippen LogP contribution in [0.3, 0.4) is 0 Å². The van der Waals surface area contributed by atoms with Crippen LogP contribution >= 0.6 is 0 Å². The molecule has 7 nitrogen and oxygen atoms in total. The molecule has 0 aliphatic heterocycles. The highest BCUT2D eigenvalue weighted by Crippen LogP contribution is 2.21. The molecule has 23 heavy (non-hydrogen) atoms. The maximum absolute atomic E-state index is 10.6. The number of nitro groups is 1. The van der Waals surface area contributed by atoms with Crippen LogP contribution in [0.2, 0.25) is 0 Å². The van der Waals surface area contributed by atoms with E-state index in [-0.39, 0.29) is 17.2 Å². The Labute approximate surface area is 130 Å². The number of nitriles is 1. The number of nitrogens with zero attached hydrogens (tertiary/aromatic N) is 3. The second-order valence-electron chi connectivity index (χ2n) is 4.60. The molecule has 0 saturated heterocycles. The third-order valence-electron chi connectivity index (χ3n) is 3.11. The summed E-state index contributed by atoms with van der Waals surface area (Å²) in [5.74, 6) is 0.211. The minimum Gasteiger partial charge on any atom is -0.435 e. The Morgan fingerprint density at radius 1 is 1.26 bits per heavy atom. The van der Waals surface area contributed by atoms with Crippen LogP contribution in [0.4, 0.5) is 11.4 Å². The Morgan fingerprint density at radius 3 is 2.65 bits per heavy atom. The SMILES string of the molecule is N#C/C(=C\Nc1ccc([N+](=O)[O-])cc1)c1nc2ccccc2o1. The molecule has 1 heterocycles. The molecule has 0 saturated carbocycles. The van der Waals surface area contributed by atoms with Gasteiger partial charge in [0.05, 0.1) is 4.92 Å². The highest BCUT2D eigenvalue weighted by atomic mass is 16.6. The van der Waals surface area contributed by atoms with E-state index in [9.17, 15) is 15.4 Å². The number of nitro benzene ring substituents is 1. The predicted octanol–water partition coefficient (Wildman–Crippen LogP) is 3.71. The number of hydrogen-bond acceptors (Lipinski definition) is 6. The number of nitrogens with one attached hydrogen (secondary N) is 1. The summed E-state index contributed by atoms with van der Waals surface area (Å²) < 4.78 is 5.53. The van der Waals surface area contributed by atoms with Crippen molar-refractivity contribution < 1.29 is 9.34 Å². The smallest absolute Gasteiger partial charge is 0.269 e. The topological polar surface area (TPSA) is 105 Å². The van der Waals surface area contributed by atoms with Gasteiger partial charge in [-0.2, -0.15) is 5.26 Å². The molecule has 0 unspecified atom stereocenters. The highest BCUT2D eigenvalue weighted by molar-refractivity contribution is 5.80. The zero-order valence-electron chi connectivity index (χ0n) is 11.8. The van der Waals surface area contributed by atoms with Gasteiger partial charge in [-0.05, 0) is 24.3 Å². The van der Waals surface area contributed by atoms with Gasteiger partial charge in [0.15, 0.2) is 5.58 Å². The van der Waals surface area contributed by atoms with Gasteiger partial charge in [0, 0.05) is 24.0 Å². The molecule has 3 rings (SSSR count). The van der Waals surface area contributed by atoms with Crippen molar-refractivity contribution in [3.8, 4) is 6.07 Å². The number of rotatable bonds is 4. The Hall–Kier alpha value is -3.66. The Morgan fingerprint density at radius 2 is 2.00 bits per heavy atom. The molecule has 0 radical (unpaired) electrons. The van der Waals surface area contributed by atoms with E-state index in [1.54, 1.807) is 24.3 Å². The van der Waals surface area contributed by atoms with Crippen LogP contribution in [0.25, 0.3) is 16.7 Å². The van der Waals surface area contributed by atoms with Gasteiger partial charge >= 0.3 is 0 Å². The van der Waals surface area contributed by atoms with Crippen LogP contribution in [0.1, 0.15) is 5.89 Å². The second-order valence-corrected chi connectivity index (χ2v) is 4.60. The summed E-state index contributed by atoms with van der Waals surface area (Å²) in [7, 11) is 0. The average molecular weight is 306 g/mol. The summed E-state index contributed by atoms with van der Waals surface area (Å²) >= 11 is 0. The number of fused-ring (bicyclic) bond motifs is 1. The number of anilines is 1. The van der Waals surface area contributed by atoms with Gasteiger partial charge < -0.3 is 9.73 Å². The first-order valence-electron chi connectivity index (χ1n) is 6.64. The summed E-state index contributed by atoms with van der Waals surface area (Å²) in [5.41, 5.74) is 2.09. The average Bonchev–Trinajstić information content (AvgIpc) is 2.99. The van der Waals surface area contributed by atoms with Crippen LogP contribution in [0.15, 0.2) is 59.1 Å². The fourth-order valence-corrected chi connectivity index (χ4v) is 1.96. The lowest BCUT2D eigenvalue weighted by Crippen LogP contribution is -1.92. The van der Waals surface area contributed by atoms with E-state index in [4.69, 9.17) is 4.42 Å². The molecule has 1 aromatic heterocycles. The lowest BCUT2D eigenvalue weighted by molar-refractivity contribution is -0.384. The maximum atomic E-state index is 10.6. The highest BCUT2D eigenvalue weighted by Gasteiger charge is 2.10. The van der Waals surface area contributed by atoms with Crippen LogP contribution in [-0.4, -0.2) is 9.91 Å². The Bertz CT molecular complexity index is 903. The molecule has 0 aliphatic rings. The molecule has 3 aromatic rings. The van der Waals surface area contributed by atoms with Gasteiger partial charge in [-0.25, -0.2) is 4.98 Å². The number of non-ortho nitro benzene ring substituents is 1. The third-order valence-corrected chi connectivity index (χ3v) is 3.11. The molecule has 0 aliphatic carbocycles. The lowest BCUT2D eigenvalue weighted by atomic mass is 10.2. The van der Waals surface area contributed by atoms with Crippen molar-refractivity contribution in [3.05, 3.63) is 70.7 Å². The van der Waals surface area contributed by atoms with E-state index in [1.807, 2.05) is 18.2 Å². The summed E-state index contributed by atoms with van der Waals surface area (Å²) in [6, 6.07) is 15.1. The lowest BCUT2D eigenvalue weighted by Gasteiger charge is -2.00. The number of oxazole rings is 1. The van der Waals surface area contributed by atoms with Gasteiger partial charge in [-0.15, -0.1) is 0 Å². The van der Waals surface area contributed by atoms with Crippen molar-refractivity contribution in [2.24, 2.45) is 0 Å². The fourth-order valence-electron chi connectivity index (χ4n) is 1.96. The van der Waals surface area contributed by atoms with Crippen molar-refractivity contribution in [1.82, 2.24) is 4.98 Å². The fraction of sp³-hybridized carbons (Fsp3) is 0. The number of para-hydroxylation sites is 2. The minimum absolute atomic E-state index is 0.000938. The molecule has 7 heteroatoms.